The minimum atomic E-state index is -0.725. The van der Waals surface area contributed by atoms with Crippen molar-refractivity contribution in [2.24, 2.45) is 4.99 Å². The van der Waals surface area contributed by atoms with Crippen molar-refractivity contribution in [3.8, 4) is 0 Å². The van der Waals surface area contributed by atoms with Crippen molar-refractivity contribution in [1.82, 2.24) is 5.32 Å². The Labute approximate surface area is 171 Å². The average molecular weight is 389 g/mol. The third kappa shape index (κ3) is 12.7. The largest absolute Gasteiger partial charge is 0.394 e. The van der Waals surface area contributed by atoms with Gasteiger partial charge in [0.1, 0.15) is 0 Å². The van der Waals surface area contributed by atoms with E-state index in [1.54, 1.807) is 6.21 Å². The molecule has 0 bridgehead atoms. The standard InChI is InChI=1S/C24H40N2O2/c1-2-3-4-5-6-7-8-9-10-11-12-16-19-25-24(28)23(21-27)26-20-22-17-14-13-15-18-22/h13-15,17-18,20,23,27H,2-12,16,19,21H2,1H3,(H,25,28)/b26-20+/t23-/m0/s1. The van der Waals surface area contributed by atoms with Crippen LogP contribution in [-0.2, 0) is 4.79 Å². The van der Waals surface area contributed by atoms with Crippen LogP contribution in [-0.4, -0.2) is 36.4 Å². The van der Waals surface area contributed by atoms with Gasteiger partial charge in [0.2, 0.25) is 5.91 Å². The summed E-state index contributed by atoms with van der Waals surface area (Å²) in [6, 6.07) is 8.89. The number of aliphatic hydroxyl groups excluding tert-OH is 1. The molecule has 0 radical (unpaired) electrons. The van der Waals surface area contributed by atoms with E-state index in [2.05, 4.69) is 17.2 Å². The second-order valence-electron chi connectivity index (χ2n) is 7.57. The Hall–Kier alpha value is -1.68. The van der Waals surface area contributed by atoms with Gasteiger partial charge in [0.15, 0.2) is 6.04 Å². The summed E-state index contributed by atoms with van der Waals surface area (Å²) in [5.74, 6) is -0.197. The number of nitrogens with zero attached hydrogens (tertiary/aromatic N) is 1. The van der Waals surface area contributed by atoms with Gasteiger partial charge in [-0.1, -0.05) is 108 Å². The highest BCUT2D eigenvalue weighted by molar-refractivity contribution is 5.86. The molecule has 2 N–H and O–H groups in total. The number of rotatable bonds is 17. The highest BCUT2D eigenvalue weighted by Crippen LogP contribution is 2.11. The van der Waals surface area contributed by atoms with E-state index in [9.17, 15) is 9.90 Å². The summed E-state index contributed by atoms with van der Waals surface area (Å²) in [5.41, 5.74) is 0.926. The van der Waals surface area contributed by atoms with Gasteiger partial charge in [-0.3, -0.25) is 9.79 Å². The second-order valence-corrected chi connectivity index (χ2v) is 7.57. The van der Waals surface area contributed by atoms with Crippen LogP contribution in [0.3, 0.4) is 0 Å². The number of carbonyl (C=O) groups is 1. The summed E-state index contributed by atoms with van der Waals surface area (Å²) in [5, 5.41) is 12.3. The molecule has 0 spiro atoms. The molecule has 0 heterocycles. The average Bonchev–Trinajstić information content (AvgIpc) is 2.72. The van der Waals surface area contributed by atoms with Crippen LogP contribution < -0.4 is 5.32 Å². The molecule has 0 aromatic heterocycles. The van der Waals surface area contributed by atoms with Crippen LogP contribution in [0, 0.1) is 0 Å². The zero-order chi connectivity index (χ0) is 20.3. The molecule has 0 saturated carbocycles. The van der Waals surface area contributed by atoms with Crippen molar-refractivity contribution >= 4 is 12.1 Å². The quantitative estimate of drug-likeness (QED) is 0.281. The first-order chi connectivity index (χ1) is 13.8. The molecule has 0 saturated heterocycles. The van der Waals surface area contributed by atoms with Gasteiger partial charge in [0.05, 0.1) is 6.61 Å². The van der Waals surface area contributed by atoms with Crippen molar-refractivity contribution in [3.63, 3.8) is 0 Å². The van der Waals surface area contributed by atoms with Gasteiger partial charge < -0.3 is 10.4 Å². The molecule has 0 aliphatic heterocycles. The molecule has 1 atom stereocenters. The molecule has 158 valence electrons. The lowest BCUT2D eigenvalue weighted by molar-refractivity contribution is -0.123. The predicted molar refractivity (Wildman–Crippen MR) is 119 cm³/mol. The van der Waals surface area contributed by atoms with E-state index in [-0.39, 0.29) is 12.5 Å². The first kappa shape index (κ1) is 24.4. The molecule has 1 rings (SSSR count). The van der Waals surface area contributed by atoms with Gasteiger partial charge in [-0.15, -0.1) is 0 Å². The maximum absolute atomic E-state index is 12.1. The summed E-state index contributed by atoms with van der Waals surface area (Å²) in [6.45, 7) is 2.65. The Morgan fingerprint density at radius 3 is 2.00 bits per heavy atom. The van der Waals surface area contributed by atoms with E-state index in [4.69, 9.17) is 0 Å². The molecule has 1 amide bonds. The lowest BCUT2D eigenvalue weighted by Crippen LogP contribution is -2.36. The van der Waals surface area contributed by atoms with Gasteiger partial charge >= 0.3 is 0 Å². The summed E-state index contributed by atoms with van der Waals surface area (Å²) >= 11 is 0. The number of aliphatic imine (C=N–C) groups is 1. The molecule has 28 heavy (non-hydrogen) atoms. The van der Waals surface area contributed by atoms with Crippen molar-refractivity contribution in [2.75, 3.05) is 13.2 Å². The molecule has 4 heteroatoms. The molecule has 0 aliphatic rings. The van der Waals surface area contributed by atoms with Crippen LogP contribution in [0.25, 0.3) is 0 Å². The van der Waals surface area contributed by atoms with Crippen molar-refractivity contribution in [2.45, 2.75) is 90.0 Å². The SMILES string of the molecule is CCCCCCCCCCCCCCNC(=O)[C@H](CO)/N=C/c1ccccc1. The first-order valence-corrected chi connectivity index (χ1v) is 11.2. The van der Waals surface area contributed by atoms with E-state index in [0.717, 1.165) is 18.4 Å². The highest BCUT2D eigenvalue weighted by atomic mass is 16.3. The molecular formula is C24H40N2O2. The smallest absolute Gasteiger partial charge is 0.247 e. The Kier molecular flexibility index (Phi) is 15.2. The van der Waals surface area contributed by atoms with Crippen LogP contribution >= 0.6 is 0 Å². The van der Waals surface area contributed by atoms with E-state index < -0.39 is 6.04 Å². The second kappa shape index (κ2) is 17.4. The van der Waals surface area contributed by atoms with Gasteiger partial charge in [-0.2, -0.15) is 0 Å². The maximum Gasteiger partial charge on any atom is 0.247 e. The fraction of sp³-hybridized carbons (Fsp3) is 0.667. The van der Waals surface area contributed by atoms with Crippen LogP contribution in [0.1, 0.15) is 89.5 Å². The van der Waals surface area contributed by atoms with Crippen molar-refractivity contribution < 1.29 is 9.90 Å². The highest BCUT2D eigenvalue weighted by Gasteiger charge is 2.14. The van der Waals surface area contributed by atoms with Gasteiger partial charge in [-0.05, 0) is 12.0 Å². The maximum atomic E-state index is 12.1. The first-order valence-electron chi connectivity index (χ1n) is 11.2. The summed E-state index contributed by atoms with van der Waals surface area (Å²) in [7, 11) is 0. The van der Waals surface area contributed by atoms with Crippen molar-refractivity contribution in [3.05, 3.63) is 35.9 Å². The number of carbonyl (C=O) groups excluding carboxylic acids is 1. The number of unbranched alkanes of at least 4 members (excludes halogenated alkanes) is 11. The lowest BCUT2D eigenvalue weighted by atomic mass is 10.1. The zero-order valence-corrected chi connectivity index (χ0v) is 17.7. The van der Waals surface area contributed by atoms with Gasteiger partial charge in [-0.25, -0.2) is 0 Å². The zero-order valence-electron chi connectivity index (χ0n) is 17.7. The molecular weight excluding hydrogens is 348 g/mol. The molecule has 4 nitrogen and oxygen atoms in total. The molecule has 1 aromatic rings. The number of benzene rings is 1. The monoisotopic (exact) mass is 388 g/mol. The minimum Gasteiger partial charge on any atom is -0.394 e. The Morgan fingerprint density at radius 2 is 1.46 bits per heavy atom. The summed E-state index contributed by atoms with van der Waals surface area (Å²) < 4.78 is 0. The lowest BCUT2D eigenvalue weighted by Gasteiger charge is -2.10. The third-order valence-electron chi connectivity index (χ3n) is 5.01. The van der Waals surface area contributed by atoms with E-state index >= 15 is 0 Å². The molecule has 1 aromatic carbocycles. The van der Waals surface area contributed by atoms with Gasteiger partial charge in [0, 0.05) is 12.8 Å². The van der Waals surface area contributed by atoms with Gasteiger partial charge in [0.25, 0.3) is 0 Å². The fourth-order valence-electron chi connectivity index (χ4n) is 3.21. The Bertz CT molecular complexity index is 517. The number of hydrogen-bond acceptors (Lipinski definition) is 3. The normalized spacial score (nSPS) is 12.4. The number of aliphatic hydroxyl groups is 1. The van der Waals surface area contributed by atoms with E-state index in [1.165, 1.54) is 64.2 Å². The Morgan fingerprint density at radius 1 is 0.929 bits per heavy atom. The fourth-order valence-corrected chi connectivity index (χ4v) is 3.21. The predicted octanol–water partition coefficient (Wildman–Crippen LogP) is 5.28. The van der Waals surface area contributed by atoms with E-state index in [1.807, 2.05) is 30.3 Å². The number of amides is 1. The van der Waals surface area contributed by atoms with E-state index in [0.29, 0.717) is 6.54 Å². The minimum absolute atomic E-state index is 0.197. The summed E-state index contributed by atoms with van der Waals surface area (Å²) in [4.78, 5) is 16.3. The third-order valence-corrected chi connectivity index (χ3v) is 5.01. The number of nitrogens with one attached hydrogen (secondary N) is 1. The molecule has 0 fully saturated rings. The van der Waals surface area contributed by atoms with Crippen LogP contribution in [0.4, 0.5) is 0 Å². The topological polar surface area (TPSA) is 61.7 Å². The van der Waals surface area contributed by atoms with Crippen molar-refractivity contribution in [1.29, 1.82) is 0 Å². The van der Waals surface area contributed by atoms with Crippen LogP contribution in [0.5, 0.6) is 0 Å². The number of hydrogen-bond donors (Lipinski definition) is 2. The molecule has 0 aliphatic carbocycles. The summed E-state index contributed by atoms with van der Waals surface area (Å²) in [6.07, 6.45) is 17.3. The Balaban J connectivity index is 2.00. The molecule has 0 unspecified atom stereocenters. The van der Waals surface area contributed by atoms with Crippen LogP contribution in [0.15, 0.2) is 35.3 Å². The van der Waals surface area contributed by atoms with Crippen LogP contribution in [0.2, 0.25) is 0 Å².